The van der Waals surface area contributed by atoms with E-state index in [0.29, 0.717) is 6.54 Å². The highest BCUT2D eigenvalue weighted by molar-refractivity contribution is 5.86. The Morgan fingerprint density at radius 2 is 1.80 bits per heavy atom. The number of nitrogens with zero attached hydrogens (tertiary/aromatic N) is 1. The van der Waals surface area contributed by atoms with Gasteiger partial charge in [-0.05, 0) is 25.5 Å². The summed E-state index contributed by atoms with van der Waals surface area (Å²) in [5, 5.41) is 2.94. The molecule has 112 valence electrons. The number of likely N-dealkylation sites (tertiary alicyclic amines) is 1. The van der Waals surface area contributed by atoms with Crippen LogP contribution in [0.4, 0.5) is 0 Å². The van der Waals surface area contributed by atoms with Gasteiger partial charge in [0.1, 0.15) is 0 Å². The number of nitrogens with one attached hydrogen (secondary N) is 1. The number of piperidine rings is 1. The van der Waals surface area contributed by atoms with Crippen molar-refractivity contribution in [2.75, 3.05) is 20.1 Å². The van der Waals surface area contributed by atoms with Gasteiger partial charge in [-0.15, -0.1) is 0 Å². The van der Waals surface area contributed by atoms with Gasteiger partial charge >= 0.3 is 0 Å². The molecule has 20 heavy (non-hydrogen) atoms. The summed E-state index contributed by atoms with van der Waals surface area (Å²) in [6, 6.07) is 9.90. The molecule has 4 heteroatoms. The van der Waals surface area contributed by atoms with Gasteiger partial charge in [0.05, 0.1) is 5.54 Å². The molecule has 0 saturated carbocycles. The summed E-state index contributed by atoms with van der Waals surface area (Å²) >= 11 is 0. The second-order valence-corrected chi connectivity index (χ2v) is 5.13. The molecule has 4 nitrogen and oxygen atoms in total. The van der Waals surface area contributed by atoms with E-state index in [1.54, 1.807) is 0 Å². The van der Waals surface area contributed by atoms with Crippen molar-refractivity contribution in [1.29, 1.82) is 0 Å². The van der Waals surface area contributed by atoms with Crippen molar-refractivity contribution in [3.63, 3.8) is 0 Å². The number of rotatable bonds is 3. The van der Waals surface area contributed by atoms with E-state index in [2.05, 4.69) is 17.3 Å². The minimum absolute atomic E-state index is 0.0283. The van der Waals surface area contributed by atoms with Gasteiger partial charge in [0.25, 0.3) is 0 Å². The average molecular weight is 277 g/mol. The first kappa shape index (κ1) is 16.7. The Hall–Kier alpha value is -1.39. The first-order valence-electron chi connectivity index (χ1n) is 7.40. The number of carbonyl (C=O) groups excluding carboxylic acids is 1. The van der Waals surface area contributed by atoms with Crippen molar-refractivity contribution < 1.29 is 4.79 Å². The molecule has 0 aromatic heterocycles. The van der Waals surface area contributed by atoms with Crippen LogP contribution < -0.4 is 11.1 Å². The van der Waals surface area contributed by atoms with E-state index in [-0.39, 0.29) is 5.91 Å². The van der Waals surface area contributed by atoms with Crippen LogP contribution in [-0.2, 0) is 11.3 Å². The monoisotopic (exact) mass is 277 g/mol. The zero-order valence-corrected chi connectivity index (χ0v) is 12.9. The SMILES string of the molecule is CC.CN1CCC(N)(C(=O)NCc2ccccc2)CC1. The van der Waals surface area contributed by atoms with Gasteiger partial charge in [-0.3, -0.25) is 4.79 Å². The lowest BCUT2D eigenvalue weighted by Crippen LogP contribution is -2.58. The number of amides is 1. The van der Waals surface area contributed by atoms with Gasteiger partial charge in [0, 0.05) is 19.6 Å². The molecule has 2 rings (SSSR count). The van der Waals surface area contributed by atoms with Crippen LogP contribution in [0.2, 0.25) is 0 Å². The third kappa shape index (κ3) is 4.62. The first-order valence-corrected chi connectivity index (χ1v) is 7.40. The fourth-order valence-corrected chi connectivity index (χ4v) is 2.20. The molecule has 1 heterocycles. The molecule has 0 unspecified atom stereocenters. The zero-order chi connectivity index (χ0) is 15.0. The number of hydrogen-bond donors (Lipinski definition) is 2. The highest BCUT2D eigenvalue weighted by Gasteiger charge is 2.36. The summed E-state index contributed by atoms with van der Waals surface area (Å²) in [7, 11) is 2.06. The second kappa shape index (κ2) is 8.02. The molecule has 0 radical (unpaired) electrons. The Labute approximate surface area is 122 Å². The Bertz CT molecular complexity index is 397. The van der Waals surface area contributed by atoms with Crippen LogP contribution in [0.1, 0.15) is 32.3 Å². The predicted molar refractivity (Wildman–Crippen MR) is 83.3 cm³/mol. The largest absolute Gasteiger partial charge is 0.350 e. The van der Waals surface area contributed by atoms with Crippen molar-refractivity contribution in [2.45, 2.75) is 38.8 Å². The number of benzene rings is 1. The van der Waals surface area contributed by atoms with Crippen molar-refractivity contribution in [1.82, 2.24) is 10.2 Å². The summed E-state index contributed by atoms with van der Waals surface area (Å²) < 4.78 is 0. The highest BCUT2D eigenvalue weighted by Crippen LogP contribution is 2.18. The lowest BCUT2D eigenvalue weighted by atomic mass is 9.88. The molecule has 3 N–H and O–H groups in total. The molecule has 1 fully saturated rings. The minimum Gasteiger partial charge on any atom is -0.350 e. The Balaban J connectivity index is 0.000000956. The zero-order valence-electron chi connectivity index (χ0n) is 12.9. The fourth-order valence-electron chi connectivity index (χ4n) is 2.20. The van der Waals surface area contributed by atoms with Crippen LogP contribution in [0.5, 0.6) is 0 Å². The van der Waals surface area contributed by atoms with E-state index in [1.165, 1.54) is 0 Å². The molecule has 0 atom stereocenters. The normalized spacial score (nSPS) is 17.8. The number of carbonyl (C=O) groups is 1. The standard InChI is InChI=1S/C14H21N3O.C2H6/c1-17-9-7-14(15,8-10-17)13(18)16-11-12-5-3-2-4-6-12;1-2/h2-6H,7-11,15H2,1H3,(H,16,18);1-2H3. The van der Waals surface area contributed by atoms with E-state index in [9.17, 15) is 4.79 Å². The van der Waals surface area contributed by atoms with Crippen molar-refractivity contribution in [3.8, 4) is 0 Å². The maximum Gasteiger partial charge on any atom is 0.240 e. The topological polar surface area (TPSA) is 58.4 Å². The average Bonchev–Trinajstić information content (AvgIpc) is 2.51. The Morgan fingerprint density at radius 1 is 1.25 bits per heavy atom. The number of hydrogen-bond acceptors (Lipinski definition) is 3. The maximum atomic E-state index is 12.1. The summed E-state index contributed by atoms with van der Waals surface area (Å²) in [4.78, 5) is 14.3. The Morgan fingerprint density at radius 3 is 2.35 bits per heavy atom. The first-order chi connectivity index (χ1) is 9.60. The van der Waals surface area contributed by atoms with E-state index >= 15 is 0 Å². The number of nitrogens with two attached hydrogens (primary N) is 1. The lowest BCUT2D eigenvalue weighted by molar-refractivity contribution is -0.128. The lowest BCUT2D eigenvalue weighted by Gasteiger charge is -2.36. The quantitative estimate of drug-likeness (QED) is 0.885. The summed E-state index contributed by atoms with van der Waals surface area (Å²) in [6.07, 6.45) is 1.45. The molecular formula is C16H27N3O. The molecule has 1 saturated heterocycles. The van der Waals surface area contributed by atoms with E-state index in [1.807, 2.05) is 44.2 Å². The van der Waals surface area contributed by atoms with Crippen molar-refractivity contribution >= 4 is 5.91 Å². The van der Waals surface area contributed by atoms with Crippen LogP contribution >= 0.6 is 0 Å². The molecule has 1 aliphatic heterocycles. The van der Waals surface area contributed by atoms with E-state index in [0.717, 1.165) is 31.5 Å². The van der Waals surface area contributed by atoms with Crippen LogP contribution in [0.15, 0.2) is 30.3 Å². The van der Waals surface area contributed by atoms with Gasteiger partial charge in [-0.1, -0.05) is 44.2 Å². The van der Waals surface area contributed by atoms with E-state index in [4.69, 9.17) is 5.73 Å². The summed E-state index contributed by atoms with van der Waals surface area (Å²) in [5.74, 6) is -0.0283. The van der Waals surface area contributed by atoms with Crippen LogP contribution in [-0.4, -0.2) is 36.5 Å². The van der Waals surface area contributed by atoms with Gasteiger partial charge in [-0.25, -0.2) is 0 Å². The highest BCUT2D eigenvalue weighted by atomic mass is 16.2. The van der Waals surface area contributed by atoms with Gasteiger partial charge < -0.3 is 16.0 Å². The second-order valence-electron chi connectivity index (χ2n) is 5.13. The third-order valence-corrected chi connectivity index (χ3v) is 3.63. The molecule has 1 aromatic carbocycles. The molecule has 1 aliphatic rings. The maximum absolute atomic E-state index is 12.1. The molecule has 0 aliphatic carbocycles. The molecular weight excluding hydrogens is 250 g/mol. The Kier molecular flexibility index (Phi) is 6.68. The molecule has 1 aromatic rings. The van der Waals surface area contributed by atoms with Crippen molar-refractivity contribution in [3.05, 3.63) is 35.9 Å². The summed E-state index contributed by atoms with van der Waals surface area (Å²) in [6.45, 7) is 6.32. The van der Waals surface area contributed by atoms with Crippen LogP contribution in [0.3, 0.4) is 0 Å². The smallest absolute Gasteiger partial charge is 0.240 e. The van der Waals surface area contributed by atoms with Gasteiger partial charge in [0.2, 0.25) is 5.91 Å². The van der Waals surface area contributed by atoms with Gasteiger partial charge in [-0.2, -0.15) is 0 Å². The van der Waals surface area contributed by atoms with Gasteiger partial charge in [0.15, 0.2) is 0 Å². The predicted octanol–water partition coefficient (Wildman–Crippen LogP) is 1.75. The van der Waals surface area contributed by atoms with Crippen molar-refractivity contribution in [2.24, 2.45) is 5.73 Å². The minimum atomic E-state index is -0.693. The fraction of sp³-hybridized carbons (Fsp3) is 0.562. The molecule has 0 bridgehead atoms. The van der Waals surface area contributed by atoms with Crippen LogP contribution in [0.25, 0.3) is 0 Å². The summed E-state index contributed by atoms with van der Waals surface area (Å²) in [5.41, 5.74) is 6.60. The molecule has 0 spiro atoms. The third-order valence-electron chi connectivity index (χ3n) is 3.63. The van der Waals surface area contributed by atoms with E-state index < -0.39 is 5.54 Å². The van der Waals surface area contributed by atoms with Crippen LogP contribution in [0, 0.1) is 0 Å². The molecule has 1 amide bonds.